The fourth-order valence-electron chi connectivity index (χ4n) is 11.5. The number of carbonyl (C=O) groups excluding carboxylic acids is 3. The predicted molar refractivity (Wildman–Crippen MR) is 172 cm³/mol. The number of amides is 1. The number of rotatable bonds is 5. The van der Waals surface area contributed by atoms with E-state index in [9.17, 15) is 19.5 Å². The van der Waals surface area contributed by atoms with Crippen LogP contribution in [-0.2, 0) is 35.8 Å². The SMILES string of the molecule is COC(=O)CCC(=O)NOC(=O)[C@]12CCC(C)(C)C[C@H]1C1=CC[C@@H]3[C@@]4(C)Cc5nccnc5[C@@](C)(CO)[C@@H]4CC[C@@]3(C)[C@]1(C)CC2. The Bertz CT molecular complexity index is 1460. The topological polar surface area (TPSA) is 128 Å². The van der Waals surface area contributed by atoms with Crippen LogP contribution in [0.15, 0.2) is 24.0 Å². The van der Waals surface area contributed by atoms with Gasteiger partial charge in [-0.2, -0.15) is 5.48 Å². The highest BCUT2D eigenvalue weighted by Crippen LogP contribution is 2.75. The fourth-order valence-corrected chi connectivity index (χ4v) is 11.5. The second-order valence-electron chi connectivity index (χ2n) is 17.0. The van der Waals surface area contributed by atoms with Crippen LogP contribution in [0, 0.1) is 44.8 Å². The van der Waals surface area contributed by atoms with Crippen molar-refractivity contribution in [2.24, 2.45) is 44.8 Å². The molecule has 0 saturated heterocycles. The third kappa shape index (κ3) is 4.68. The number of nitrogens with zero attached hydrogens (tertiary/aromatic N) is 2. The summed E-state index contributed by atoms with van der Waals surface area (Å²) < 4.78 is 4.63. The molecule has 6 rings (SSSR count). The molecule has 1 aromatic heterocycles. The molecule has 9 nitrogen and oxygen atoms in total. The Morgan fingerprint density at radius 3 is 2.39 bits per heavy atom. The summed E-state index contributed by atoms with van der Waals surface area (Å²) in [5.41, 5.74) is 4.51. The highest BCUT2D eigenvalue weighted by atomic mass is 16.7. The normalized spacial score (nSPS) is 40.4. The average Bonchev–Trinajstić information content (AvgIpc) is 3.02. The lowest BCUT2D eigenvalue weighted by atomic mass is 9.33. The maximum absolute atomic E-state index is 14.1. The summed E-state index contributed by atoms with van der Waals surface area (Å²) >= 11 is 0. The maximum atomic E-state index is 14.1. The van der Waals surface area contributed by atoms with Gasteiger partial charge in [0.15, 0.2) is 0 Å². The first kappa shape index (κ1) is 33.1. The number of hydrogen-bond donors (Lipinski definition) is 2. The molecule has 9 heteroatoms. The fraction of sp³-hybridized carbons (Fsp3) is 0.757. The lowest BCUT2D eigenvalue weighted by Gasteiger charge is -2.70. The number of hydroxylamine groups is 1. The minimum atomic E-state index is -0.699. The van der Waals surface area contributed by atoms with E-state index in [1.54, 1.807) is 12.4 Å². The van der Waals surface area contributed by atoms with Crippen LogP contribution in [0.2, 0.25) is 0 Å². The molecule has 46 heavy (non-hydrogen) atoms. The van der Waals surface area contributed by atoms with Crippen molar-refractivity contribution in [2.45, 2.75) is 118 Å². The number of fused-ring (bicyclic) bond motifs is 8. The van der Waals surface area contributed by atoms with E-state index in [1.807, 2.05) is 0 Å². The second-order valence-corrected chi connectivity index (χ2v) is 17.0. The molecule has 1 amide bonds. The number of methoxy groups -OCH3 is 1. The van der Waals surface area contributed by atoms with Crippen LogP contribution >= 0.6 is 0 Å². The number of aromatic nitrogens is 2. The molecule has 0 unspecified atom stereocenters. The van der Waals surface area contributed by atoms with Gasteiger partial charge in [-0.15, -0.1) is 0 Å². The van der Waals surface area contributed by atoms with Crippen molar-refractivity contribution in [3.05, 3.63) is 35.4 Å². The summed E-state index contributed by atoms with van der Waals surface area (Å²) in [5, 5.41) is 10.9. The van der Waals surface area contributed by atoms with Crippen LogP contribution in [0.25, 0.3) is 0 Å². The lowest BCUT2D eigenvalue weighted by Crippen LogP contribution is -2.65. The first-order valence-electron chi connectivity index (χ1n) is 17.3. The van der Waals surface area contributed by atoms with Gasteiger partial charge in [0, 0.05) is 24.2 Å². The van der Waals surface area contributed by atoms with Gasteiger partial charge in [0.1, 0.15) is 0 Å². The molecule has 0 aliphatic heterocycles. The number of allylic oxidation sites excluding steroid dienone is 2. The summed E-state index contributed by atoms with van der Waals surface area (Å²) in [7, 11) is 1.28. The van der Waals surface area contributed by atoms with E-state index in [4.69, 9.17) is 14.8 Å². The smallest absolute Gasteiger partial charge is 0.338 e. The van der Waals surface area contributed by atoms with Crippen molar-refractivity contribution in [1.29, 1.82) is 0 Å². The Labute approximate surface area is 273 Å². The number of esters is 1. The molecular formula is C37H53N3O6. The number of nitrogens with one attached hydrogen (secondary N) is 1. The van der Waals surface area contributed by atoms with E-state index < -0.39 is 22.7 Å². The lowest BCUT2D eigenvalue weighted by molar-refractivity contribution is -0.189. The van der Waals surface area contributed by atoms with Gasteiger partial charge in [-0.05, 0) is 97.2 Å². The van der Waals surface area contributed by atoms with Crippen molar-refractivity contribution in [1.82, 2.24) is 15.4 Å². The van der Waals surface area contributed by atoms with E-state index in [-0.39, 0.29) is 53.0 Å². The molecule has 3 saturated carbocycles. The van der Waals surface area contributed by atoms with Gasteiger partial charge < -0.3 is 14.7 Å². The molecule has 8 atom stereocenters. The zero-order valence-electron chi connectivity index (χ0n) is 28.8. The average molecular weight is 636 g/mol. The number of aliphatic hydroxyl groups excluding tert-OH is 1. The third-order valence-corrected chi connectivity index (χ3v) is 14.3. The van der Waals surface area contributed by atoms with Gasteiger partial charge in [-0.1, -0.05) is 53.2 Å². The molecule has 3 fully saturated rings. The van der Waals surface area contributed by atoms with E-state index in [0.29, 0.717) is 18.3 Å². The minimum Gasteiger partial charge on any atom is -0.469 e. The molecule has 2 N–H and O–H groups in total. The zero-order chi connectivity index (χ0) is 33.3. The van der Waals surface area contributed by atoms with Crippen molar-refractivity contribution in [3.8, 4) is 0 Å². The Hall–Kier alpha value is -2.81. The Balaban J connectivity index is 1.34. The molecule has 0 radical (unpaired) electrons. The molecule has 0 bridgehead atoms. The minimum absolute atomic E-state index is 0.00182. The van der Waals surface area contributed by atoms with Crippen LogP contribution in [-0.4, -0.2) is 46.6 Å². The van der Waals surface area contributed by atoms with E-state index in [0.717, 1.165) is 62.8 Å². The highest BCUT2D eigenvalue weighted by molar-refractivity contribution is 5.83. The van der Waals surface area contributed by atoms with E-state index in [1.165, 1.54) is 12.7 Å². The first-order chi connectivity index (χ1) is 21.6. The second kappa shape index (κ2) is 11.1. The van der Waals surface area contributed by atoms with Crippen molar-refractivity contribution >= 4 is 17.8 Å². The van der Waals surface area contributed by atoms with Crippen molar-refractivity contribution in [3.63, 3.8) is 0 Å². The Kier molecular flexibility index (Phi) is 8.01. The Morgan fingerprint density at radius 1 is 0.957 bits per heavy atom. The summed E-state index contributed by atoms with van der Waals surface area (Å²) in [6.07, 6.45) is 13.9. The van der Waals surface area contributed by atoms with Gasteiger partial charge in [0.25, 0.3) is 5.91 Å². The largest absolute Gasteiger partial charge is 0.469 e. The quantitative estimate of drug-likeness (QED) is 0.236. The van der Waals surface area contributed by atoms with Crippen LogP contribution in [0.3, 0.4) is 0 Å². The Morgan fingerprint density at radius 2 is 1.67 bits per heavy atom. The van der Waals surface area contributed by atoms with Crippen LogP contribution in [0.1, 0.15) is 117 Å². The van der Waals surface area contributed by atoms with Crippen LogP contribution < -0.4 is 5.48 Å². The van der Waals surface area contributed by atoms with E-state index >= 15 is 0 Å². The third-order valence-electron chi connectivity index (χ3n) is 14.3. The predicted octanol–water partition coefficient (Wildman–Crippen LogP) is 5.79. The summed E-state index contributed by atoms with van der Waals surface area (Å²) in [6, 6.07) is 0. The van der Waals surface area contributed by atoms with Gasteiger partial charge in [0.05, 0.1) is 36.9 Å². The first-order valence-corrected chi connectivity index (χ1v) is 17.3. The monoisotopic (exact) mass is 635 g/mol. The van der Waals surface area contributed by atoms with Gasteiger partial charge in [0.2, 0.25) is 0 Å². The van der Waals surface area contributed by atoms with E-state index in [2.05, 4.69) is 57.8 Å². The molecule has 1 heterocycles. The number of carbonyl (C=O) groups is 3. The van der Waals surface area contributed by atoms with Crippen molar-refractivity contribution < 1.29 is 29.1 Å². The standard InChI is InChI=1S/C37H53N3O6/c1-32(2)14-16-37(31(44)46-40-28(42)10-11-29(43)45-7)17-15-35(5)23(24(37)20-32)8-9-27-33(3)21-25-30(39-19-18-38-25)34(4,22-41)26(33)12-13-36(27,35)6/h8,18-19,24,26-27,41H,9-17,20-22H2,1-7H3,(H,40,42)/t24-,26+,27+,33-,34-,35+,36+,37-/m0/s1. The summed E-state index contributed by atoms with van der Waals surface area (Å²) in [5.74, 6) is -0.635. The molecule has 252 valence electrons. The van der Waals surface area contributed by atoms with Gasteiger partial charge >= 0.3 is 11.9 Å². The molecule has 5 aliphatic carbocycles. The number of ether oxygens (including phenoxy) is 1. The number of aliphatic hydroxyl groups is 1. The zero-order valence-corrected chi connectivity index (χ0v) is 28.8. The van der Waals surface area contributed by atoms with Crippen LogP contribution in [0.5, 0.6) is 0 Å². The molecule has 1 aromatic rings. The molecular weight excluding hydrogens is 582 g/mol. The molecule has 5 aliphatic rings. The maximum Gasteiger partial charge on any atom is 0.338 e. The summed E-state index contributed by atoms with van der Waals surface area (Å²) in [4.78, 5) is 53.2. The van der Waals surface area contributed by atoms with Crippen LogP contribution in [0.4, 0.5) is 0 Å². The molecule has 0 spiro atoms. The molecule has 0 aromatic carbocycles. The van der Waals surface area contributed by atoms with Gasteiger partial charge in [-0.3, -0.25) is 19.6 Å². The van der Waals surface area contributed by atoms with Crippen molar-refractivity contribution in [2.75, 3.05) is 13.7 Å². The number of hydrogen-bond acceptors (Lipinski definition) is 8. The van der Waals surface area contributed by atoms with Gasteiger partial charge in [-0.25, -0.2) is 4.79 Å². The highest BCUT2D eigenvalue weighted by Gasteiger charge is 2.70. The summed E-state index contributed by atoms with van der Waals surface area (Å²) in [6.45, 7) is 14.3.